The van der Waals surface area contributed by atoms with Crippen LogP contribution in [0.2, 0.25) is 0 Å². The highest BCUT2D eigenvalue weighted by molar-refractivity contribution is 7.20. The van der Waals surface area contributed by atoms with Crippen molar-refractivity contribution in [1.82, 2.24) is 10.3 Å². The van der Waals surface area contributed by atoms with Crippen LogP contribution in [-0.2, 0) is 6.42 Å². The van der Waals surface area contributed by atoms with Gasteiger partial charge in [-0.05, 0) is 49.9 Å². The number of nitrogens with two attached hydrogens (primary N) is 1. The molecule has 1 fully saturated rings. The lowest BCUT2D eigenvalue weighted by Gasteiger charge is -2.19. The van der Waals surface area contributed by atoms with Crippen molar-refractivity contribution < 1.29 is 8.78 Å². The van der Waals surface area contributed by atoms with Gasteiger partial charge >= 0.3 is 0 Å². The van der Waals surface area contributed by atoms with Gasteiger partial charge in [-0.1, -0.05) is 6.58 Å². The van der Waals surface area contributed by atoms with E-state index in [0.717, 1.165) is 46.7 Å². The van der Waals surface area contributed by atoms with E-state index in [1.807, 2.05) is 24.0 Å². The summed E-state index contributed by atoms with van der Waals surface area (Å²) < 4.78 is 29.0. The predicted octanol–water partition coefficient (Wildman–Crippen LogP) is 4.87. The Hall–Kier alpha value is -2.67. The molecule has 2 aromatic heterocycles. The SMILES string of the molecule is C=C(NCCc1cc(F)c(N2CCCC2)cc1F)c1sc2nc(C)ccc2c1N. The van der Waals surface area contributed by atoms with Gasteiger partial charge in [-0.2, -0.15) is 0 Å². The van der Waals surface area contributed by atoms with Crippen LogP contribution in [-0.4, -0.2) is 24.6 Å². The van der Waals surface area contributed by atoms with Gasteiger partial charge in [-0.15, -0.1) is 11.3 Å². The number of nitrogens with zero attached hydrogens (tertiary/aromatic N) is 2. The molecule has 0 aliphatic carbocycles. The van der Waals surface area contributed by atoms with Crippen LogP contribution in [0.25, 0.3) is 15.9 Å². The second-order valence-corrected chi connectivity index (χ2v) is 8.39. The highest BCUT2D eigenvalue weighted by Crippen LogP contribution is 2.35. The quantitative estimate of drug-likeness (QED) is 0.604. The van der Waals surface area contributed by atoms with Crippen molar-refractivity contribution in [2.45, 2.75) is 26.2 Å². The summed E-state index contributed by atoms with van der Waals surface area (Å²) in [6, 6.07) is 6.52. The molecule has 3 aromatic rings. The van der Waals surface area contributed by atoms with Gasteiger partial charge in [0.15, 0.2) is 0 Å². The summed E-state index contributed by atoms with van der Waals surface area (Å²) in [5, 5.41) is 4.10. The van der Waals surface area contributed by atoms with E-state index in [0.29, 0.717) is 35.6 Å². The lowest BCUT2D eigenvalue weighted by atomic mass is 10.1. The van der Waals surface area contributed by atoms with Crippen LogP contribution >= 0.6 is 11.3 Å². The minimum absolute atomic E-state index is 0.351. The van der Waals surface area contributed by atoms with Gasteiger partial charge in [0.25, 0.3) is 0 Å². The van der Waals surface area contributed by atoms with Gasteiger partial charge in [0.2, 0.25) is 0 Å². The number of aryl methyl sites for hydroxylation is 1. The standard InChI is InChI=1S/C22H24F2N4S/c1-13-5-6-16-20(25)21(29-22(16)27-13)14(2)26-8-7-15-11-18(24)19(12-17(15)23)28-9-3-4-10-28/h5-6,11-12,26H,2-4,7-10,25H2,1H3. The van der Waals surface area contributed by atoms with Crippen molar-refractivity contribution in [1.29, 1.82) is 0 Å². The molecule has 0 amide bonds. The number of pyridine rings is 1. The fourth-order valence-corrected chi connectivity index (χ4v) is 4.80. The number of nitrogens with one attached hydrogen (secondary N) is 1. The molecular formula is C22H24F2N4S. The van der Waals surface area contributed by atoms with Gasteiger partial charge in [0.05, 0.1) is 16.3 Å². The smallest absolute Gasteiger partial charge is 0.146 e. The molecule has 7 heteroatoms. The number of hydrogen-bond donors (Lipinski definition) is 2. The van der Waals surface area contributed by atoms with E-state index in [-0.39, 0.29) is 11.6 Å². The molecular weight excluding hydrogens is 390 g/mol. The maximum Gasteiger partial charge on any atom is 0.146 e. The summed E-state index contributed by atoms with van der Waals surface area (Å²) in [6.45, 7) is 7.98. The van der Waals surface area contributed by atoms with Crippen LogP contribution in [0.4, 0.5) is 20.2 Å². The van der Waals surface area contributed by atoms with Gasteiger partial charge in [-0.25, -0.2) is 13.8 Å². The zero-order valence-corrected chi connectivity index (χ0v) is 17.2. The first-order valence-electron chi connectivity index (χ1n) is 9.75. The number of aromatic nitrogens is 1. The largest absolute Gasteiger partial charge is 0.397 e. The average molecular weight is 415 g/mol. The van der Waals surface area contributed by atoms with Crippen LogP contribution in [0.15, 0.2) is 30.8 Å². The van der Waals surface area contributed by atoms with E-state index in [1.54, 1.807) is 0 Å². The summed E-state index contributed by atoms with van der Waals surface area (Å²) in [5.41, 5.74) is 9.20. The third-order valence-corrected chi connectivity index (χ3v) is 6.48. The number of fused-ring (bicyclic) bond motifs is 1. The third kappa shape index (κ3) is 3.92. The lowest BCUT2D eigenvalue weighted by Crippen LogP contribution is -2.20. The Labute approximate surface area is 173 Å². The van der Waals surface area contributed by atoms with Crippen molar-refractivity contribution >= 4 is 38.6 Å². The molecule has 152 valence electrons. The number of nitrogen functional groups attached to an aromatic ring is 1. The fraction of sp³-hybridized carbons (Fsp3) is 0.318. The van der Waals surface area contributed by atoms with E-state index in [4.69, 9.17) is 5.73 Å². The molecule has 0 spiro atoms. The normalized spacial score (nSPS) is 14.0. The number of thiophene rings is 1. The maximum absolute atomic E-state index is 14.5. The summed E-state index contributed by atoms with van der Waals surface area (Å²) in [6.07, 6.45) is 2.39. The Morgan fingerprint density at radius 1 is 1.24 bits per heavy atom. The molecule has 3 heterocycles. The average Bonchev–Trinajstić information content (AvgIpc) is 3.32. The second-order valence-electron chi connectivity index (χ2n) is 7.39. The molecule has 0 unspecified atom stereocenters. The monoisotopic (exact) mass is 414 g/mol. The molecule has 4 nitrogen and oxygen atoms in total. The number of benzene rings is 1. The molecule has 3 N–H and O–H groups in total. The first-order valence-corrected chi connectivity index (χ1v) is 10.6. The minimum atomic E-state index is -0.373. The minimum Gasteiger partial charge on any atom is -0.397 e. The Bertz CT molecular complexity index is 1070. The topological polar surface area (TPSA) is 54.2 Å². The predicted molar refractivity (Wildman–Crippen MR) is 117 cm³/mol. The third-order valence-electron chi connectivity index (χ3n) is 5.30. The van der Waals surface area contributed by atoms with E-state index in [1.165, 1.54) is 23.5 Å². The Balaban J connectivity index is 1.43. The molecule has 29 heavy (non-hydrogen) atoms. The van der Waals surface area contributed by atoms with E-state index in [2.05, 4.69) is 16.9 Å². The molecule has 4 rings (SSSR count). The van der Waals surface area contributed by atoms with Crippen molar-refractivity contribution in [3.05, 3.63) is 58.6 Å². The molecule has 1 aromatic carbocycles. The first kappa shape index (κ1) is 19.6. The zero-order valence-electron chi connectivity index (χ0n) is 16.4. The van der Waals surface area contributed by atoms with Gasteiger partial charge in [-0.3, -0.25) is 0 Å². The highest BCUT2D eigenvalue weighted by Gasteiger charge is 2.19. The van der Waals surface area contributed by atoms with Crippen LogP contribution < -0.4 is 16.0 Å². The van der Waals surface area contributed by atoms with Crippen LogP contribution in [0.5, 0.6) is 0 Å². The Morgan fingerprint density at radius 3 is 2.76 bits per heavy atom. The second kappa shape index (κ2) is 7.99. The van der Waals surface area contributed by atoms with Crippen LogP contribution in [0, 0.1) is 18.6 Å². The van der Waals surface area contributed by atoms with Crippen molar-refractivity contribution in [3.8, 4) is 0 Å². The number of halogens is 2. The number of anilines is 2. The molecule has 0 radical (unpaired) electrons. The van der Waals surface area contributed by atoms with Crippen molar-refractivity contribution in [2.24, 2.45) is 0 Å². The summed E-state index contributed by atoms with van der Waals surface area (Å²) in [5.74, 6) is -0.737. The summed E-state index contributed by atoms with van der Waals surface area (Å²) >= 11 is 1.48. The van der Waals surface area contributed by atoms with Crippen LogP contribution in [0.1, 0.15) is 29.0 Å². The van der Waals surface area contributed by atoms with E-state index >= 15 is 0 Å². The first-order chi connectivity index (χ1) is 13.9. The van der Waals surface area contributed by atoms with Gasteiger partial charge < -0.3 is 16.0 Å². The summed E-state index contributed by atoms with van der Waals surface area (Å²) in [4.78, 5) is 8.10. The fourth-order valence-electron chi connectivity index (χ4n) is 3.71. The zero-order chi connectivity index (χ0) is 20.5. The molecule has 0 atom stereocenters. The molecule has 0 bridgehead atoms. The molecule has 0 saturated carbocycles. The van der Waals surface area contributed by atoms with E-state index < -0.39 is 0 Å². The molecule has 1 saturated heterocycles. The van der Waals surface area contributed by atoms with Gasteiger partial charge in [0, 0.05) is 42.5 Å². The Morgan fingerprint density at radius 2 is 2.00 bits per heavy atom. The number of rotatable bonds is 6. The summed E-state index contributed by atoms with van der Waals surface area (Å²) in [7, 11) is 0. The van der Waals surface area contributed by atoms with Crippen molar-refractivity contribution in [3.63, 3.8) is 0 Å². The maximum atomic E-state index is 14.5. The van der Waals surface area contributed by atoms with Crippen molar-refractivity contribution in [2.75, 3.05) is 30.3 Å². The Kier molecular flexibility index (Phi) is 5.41. The number of hydrogen-bond acceptors (Lipinski definition) is 5. The highest BCUT2D eigenvalue weighted by atomic mass is 32.1. The van der Waals surface area contributed by atoms with Gasteiger partial charge in [0.1, 0.15) is 16.5 Å². The molecule has 1 aliphatic heterocycles. The van der Waals surface area contributed by atoms with E-state index in [9.17, 15) is 8.78 Å². The lowest BCUT2D eigenvalue weighted by molar-refractivity contribution is 0.580. The van der Waals surface area contributed by atoms with Crippen LogP contribution in [0.3, 0.4) is 0 Å². The molecule has 1 aliphatic rings.